The van der Waals surface area contributed by atoms with Crippen LogP contribution in [0.5, 0.6) is 0 Å². The number of hydrogen-bond donors (Lipinski definition) is 0. The van der Waals surface area contributed by atoms with Gasteiger partial charge in [0.2, 0.25) is 0 Å². The van der Waals surface area contributed by atoms with E-state index in [0.29, 0.717) is 12.1 Å². The molecule has 2 rings (SSSR count). The number of hydrogen-bond acceptors (Lipinski definition) is 3. The topological polar surface area (TPSA) is 21.1 Å². The zero-order chi connectivity index (χ0) is 14.5. The van der Waals surface area contributed by atoms with Crippen LogP contribution in [-0.2, 0) is 6.54 Å². The molecule has 1 aromatic carbocycles. The Balaban J connectivity index is 2.04. The van der Waals surface area contributed by atoms with E-state index in [9.17, 15) is 8.78 Å². The summed E-state index contributed by atoms with van der Waals surface area (Å²) in [7, 11) is 4.03. The van der Waals surface area contributed by atoms with Crippen molar-refractivity contribution >= 4 is 11.8 Å². The normalized spacial score (nSPS) is 11.2. The van der Waals surface area contributed by atoms with E-state index in [1.165, 1.54) is 12.1 Å². The van der Waals surface area contributed by atoms with Gasteiger partial charge in [-0.25, -0.2) is 13.8 Å². The minimum absolute atomic E-state index is 0.416. The van der Waals surface area contributed by atoms with E-state index in [0.717, 1.165) is 23.5 Å². The fourth-order valence-corrected chi connectivity index (χ4v) is 2.84. The van der Waals surface area contributed by atoms with Gasteiger partial charge < -0.3 is 9.47 Å². The lowest BCUT2D eigenvalue weighted by molar-refractivity contribution is 0.437. The van der Waals surface area contributed by atoms with Crippen molar-refractivity contribution < 1.29 is 8.78 Å². The minimum atomic E-state index is -0.554. The van der Waals surface area contributed by atoms with Crippen LogP contribution in [0.15, 0.2) is 35.7 Å². The Bertz CT molecular complexity index is 549. The van der Waals surface area contributed by atoms with Crippen LogP contribution in [0.2, 0.25) is 0 Å². The summed E-state index contributed by atoms with van der Waals surface area (Å²) in [5.74, 6) is -0.189. The van der Waals surface area contributed by atoms with Gasteiger partial charge in [-0.2, -0.15) is 0 Å². The maximum absolute atomic E-state index is 13.2. The largest absolute Gasteiger partial charge is 0.322 e. The van der Waals surface area contributed by atoms with Crippen molar-refractivity contribution in [1.29, 1.82) is 0 Å². The van der Waals surface area contributed by atoms with Crippen molar-refractivity contribution in [3.05, 3.63) is 47.8 Å². The van der Waals surface area contributed by atoms with Gasteiger partial charge >= 0.3 is 0 Å². The molecule has 6 heteroatoms. The molecule has 0 saturated heterocycles. The predicted molar refractivity (Wildman–Crippen MR) is 77.0 cm³/mol. The molecule has 1 aromatic heterocycles. The summed E-state index contributed by atoms with van der Waals surface area (Å²) in [4.78, 5) is 6.37. The standard InChI is InChI=1S/C14H17F2N3S/c1-18(2)5-6-20-14-17-3-4-19(14)10-11-7-12(15)9-13(16)8-11/h3-4,7-9H,5-6,10H2,1-2H3. The Morgan fingerprint density at radius 3 is 2.55 bits per heavy atom. The summed E-state index contributed by atoms with van der Waals surface area (Å²) >= 11 is 1.63. The van der Waals surface area contributed by atoms with Crippen LogP contribution in [0.3, 0.4) is 0 Å². The van der Waals surface area contributed by atoms with Gasteiger partial charge in [0.15, 0.2) is 5.16 Å². The second-order valence-electron chi connectivity index (χ2n) is 4.77. The Kier molecular flexibility index (Phi) is 5.14. The zero-order valence-corrected chi connectivity index (χ0v) is 12.3. The number of benzene rings is 1. The quantitative estimate of drug-likeness (QED) is 0.765. The Morgan fingerprint density at radius 1 is 1.20 bits per heavy atom. The molecule has 0 aliphatic rings. The lowest BCUT2D eigenvalue weighted by atomic mass is 10.2. The Morgan fingerprint density at radius 2 is 1.90 bits per heavy atom. The molecular formula is C14H17F2N3S. The molecule has 108 valence electrons. The highest BCUT2D eigenvalue weighted by atomic mass is 32.2. The van der Waals surface area contributed by atoms with E-state index in [-0.39, 0.29) is 0 Å². The van der Waals surface area contributed by atoms with Gasteiger partial charge in [-0.1, -0.05) is 11.8 Å². The van der Waals surface area contributed by atoms with E-state index < -0.39 is 11.6 Å². The molecule has 0 unspecified atom stereocenters. The van der Waals surface area contributed by atoms with Crippen molar-refractivity contribution in [1.82, 2.24) is 14.5 Å². The van der Waals surface area contributed by atoms with Crippen LogP contribution in [0, 0.1) is 11.6 Å². The predicted octanol–water partition coefficient (Wildman–Crippen LogP) is 2.86. The number of halogens is 2. The third-order valence-electron chi connectivity index (χ3n) is 2.72. The molecule has 3 nitrogen and oxygen atoms in total. The van der Waals surface area contributed by atoms with Gasteiger partial charge in [0.05, 0.1) is 0 Å². The van der Waals surface area contributed by atoms with Crippen LogP contribution in [0.1, 0.15) is 5.56 Å². The first-order valence-corrected chi connectivity index (χ1v) is 7.27. The Labute approximate surface area is 121 Å². The fraction of sp³-hybridized carbons (Fsp3) is 0.357. The van der Waals surface area contributed by atoms with Crippen LogP contribution in [0.25, 0.3) is 0 Å². The summed E-state index contributed by atoms with van der Waals surface area (Å²) in [5, 5.41) is 0.858. The molecule has 0 amide bonds. The second kappa shape index (κ2) is 6.85. The van der Waals surface area contributed by atoms with Gasteiger partial charge in [-0.15, -0.1) is 0 Å². The second-order valence-corrected chi connectivity index (χ2v) is 5.83. The van der Waals surface area contributed by atoms with Crippen LogP contribution in [-0.4, -0.2) is 40.8 Å². The van der Waals surface area contributed by atoms with E-state index in [1.807, 2.05) is 24.9 Å². The van der Waals surface area contributed by atoms with Gasteiger partial charge in [0.25, 0.3) is 0 Å². The van der Waals surface area contributed by atoms with E-state index >= 15 is 0 Å². The SMILES string of the molecule is CN(C)CCSc1nccn1Cc1cc(F)cc(F)c1. The van der Waals surface area contributed by atoms with Crippen molar-refractivity contribution in [2.75, 3.05) is 26.4 Å². The summed E-state index contributed by atoms with van der Waals surface area (Å²) < 4.78 is 28.2. The first-order chi connectivity index (χ1) is 9.54. The average molecular weight is 297 g/mol. The van der Waals surface area contributed by atoms with Crippen molar-refractivity contribution in [3.63, 3.8) is 0 Å². The molecule has 0 radical (unpaired) electrons. The number of thioether (sulfide) groups is 1. The highest BCUT2D eigenvalue weighted by Gasteiger charge is 2.06. The molecule has 0 atom stereocenters. The molecule has 0 aliphatic heterocycles. The lowest BCUT2D eigenvalue weighted by Gasteiger charge is -2.10. The van der Waals surface area contributed by atoms with E-state index in [4.69, 9.17) is 0 Å². The van der Waals surface area contributed by atoms with Crippen molar-refractivity contribution in [3.8, 4) is 0 Å². The molecule has 1 heterocycles. The molecule has 0 aliphatic carbocycles. The number of rotatable bonds is 6. The van der Waals surface area contributed by atoms with Gasteiger partial charge in [0.1, 0.15) is 11.6 Å². The summed E-state index contributed by atoms with van der Waals surface area (Å²) in [6.45, 7) is 1.37. The first-order valence-electron chi connectivity index (χ1n) is 6.28. The molecular weight excluding hydrogens is 280 g/mol. The highest BCUT2D eigenvalue weighted by Crippen LogP contribution is 2.18. The van der Waals surface area contributed by atoms with Gasteiger partial charge in [-0.3, -0.25) is 0 Å². The highest BCUT2D eigenvalue weighted by molar-refractivity contribution is 7.99. The maximum atomic E-state index is 13.2. The fourth-order valence-electron chi connectivity index (χ4n) is 1.77. The maximum Gasteiger partial charge on any atom is 0.168 e. The number of nitrogens with zero attached hydrogens (tertiary/aromatic N) is 3. The van der Waals surface area contributed by atoms with Crippen LogP contribution >= 0.6 is 11.8 Å². The van der Waals surface area contributed by atoms with Gasteiger partial charge in [0, 0.05) is 37.3 Å². The minimum Gasteiger partial charge on any atom is -0.322 e. The molecule has 2 aromatic rings. The van der Waals surface area contributed by atoms with Crippen molar-refractivity contribution in [2.24, 2.45) is 0 Å². The monoisotopic (exact) mass is 297 g/mol. The van der Waals surface area contributed by atoms with Crippen LogP contribution < -0.4 is 0 Å². The zero-order valence-electron chi connectivity index (χ0n) is 11.5. The Hall–Kier alpha value is -1.40. The third kappa shape index (κ3) is 4.31. The van der Waals surface area contributed by atoms with Crippen molar-refractivity contribution in [2.45, 2.75) is 11.7 Å². The summed E-state index contributed by atoms with van der Waals surface area (Å²) in [6.07, 6.45) is 3.52. The molecule has 20 heavy (non-hydrogen) atoms. The summed E-state index contributed by atoms with van der Waals surface area (Å²) in [5.41, 5.74) is 0.593. The first kappa shape index (κ1) is 15.0. The molecule has 0 fully saturated rings. The number of aromatic nitrogens is 2. The average Bonchev–Trinajstić information content (AvgIpc) is 2.75. The lowest BCUT2D eigenvalue weighted by Crippen LogP contribution is -2.15. The molecule has 0 bridgehead atoms. The van der Waals surface area contributed by atoms with Gasteiger partial charge in [-0.05, 0) is 31.8 Å². The number of imidazole rings is 1. The van der Waals surface area contributed by atoms with E-state index in [1.54, 1.807) is 18.0 Å². The summed E-state index contributed by atoms with van der Waals surface area (Å²) in [6, 6.07) is 3.57. The van der Waals surface area contributed by atoms with E-state index in [2.05, 4.69) is 9.88 Å². The molecule has 0 saturated carbocycles. The smallest absolute Gasteiger partial charge is 0.168 e. The third-order valence-corrected chi connectivity index (χ3v) is 3.71. The molecule has 0 spiro atoms. The van der Waals surface area contributed by atoms with Crippen LogP contribution in [0.4, 0.5) is 8.78 Å². The molecule has 0 N–H and O–H groups in total.